The summed E-state index contributed by atoms with van der Waals surface area (Å²) < 4.78 is 14.7. The summed E-state index contributed by atoms with van der Waals surface area (Å²) in [4.78, 5) is 18.5. The molecule has 25 heavy (non-hydrogen) atoms. The number of likely N-dealkylation sites (tertiary alicyclic amines) is 1. The highest BCUT2D eigenvalue weighted by Crippen LogP contribution is 2.17. The van der Waals surface area contributed by atoms with Gasteiger partial charge < -0.3 is 5.32 Å². The Morgan fingerprint density at radius 2 is 2.12 bits per heavy atom. The average Bonchev–Trinajstić information content (AvgIpc) is 3.11. The summed E-state index contributed by atoms with van der Waals surface area (Å²) in [5.74, 6) is -0.205. The summed E-state index contributed by atoms with van der Waals surface area (Å²) in [7, 11) is 0. The zero-order valence-electron chi connectivity index (χ0n) is 14.3. The van der Waals surface area contributed by atoms with Crippen molar-refractivity contribution >= 4 is 5.91 Å². The SMILES string of the molecule is O=C(CN1CCCCC1Cn1cncn1)NCCc1ccc(F)cc1. The van der Waals surface area contributed by atoms with Crippen molar-refractivity contribution in [3.8, 4) is 0 Å². The molecule has 134 valence electrons. The lowest BCUT2D eigenvalue weighted by Gasteiger charge is -2.35. The first-order valence-electron chi connectivity index (χ1n) is 8.78. The normalized spacial score (nSPS) is 18.2. The Bertz CT molecular complexity index is 659. The molecule has 0 saturated carbocycles. The fraction of sp³-hybridized carbons (Fsp3) is 0.500. The number of halogens is 1. The number of nitrogens with zero attached hydrogens (tertiary/aromatic N) is 4. The van der Waals surface area contributed by atoms with E-state index >= 15 is 0 Å². The van der Waals surface area contributed by atoms with E-state index in [-0.39, 0.29) is 11.7 Å². The Balaban J connectivity index is 1.44. The number of nitrogens with one attached hydrogen (secondary N) is 1. The third-order valence-corrected chi connectivity index (χ3v) is 4.61. The number of carbonyl (C=O) groups excluding carboxylic acids is 1. The van der Waals surface area contributed by atoms with E-state index in [9.17, 15) is 9.18 Å². The van der Waals surface area contributed by atoms with Crippen molar-refractivity contribution in [2.75, 3.05) is 19.6 Å². The van der Waals surface area contributed by atoms with Gasteiger partial charge in [0.2, 0.25) is 5.91 Å². The Labute approximate surface area is 147 Å². The Morgan fingerprint density at radius 3 is 2.88 bits per heavy atom. The van der Waals surface area contributed by atoms with Crippen molar-refractivity contribution in [3.05, 3.63) is 48.3 Å². The molecule has 1 aromatic heterocycles. The van der Waals surface area contributed by atoms with Gasteiger partial charge in [-0.05, 0) is 43.5 Å². The molecule has 1 saturated heterocycles. The molecule has 1 N–H and O–H groups in total. The molecule has 6 nitrogen and oxygen atoms in total. The number of benzene rings is 1. The molecular formula is C18H24FN5O. The van der Waals surface area contributed by atoms with Crippen molar-refractivity contribution in [2.24, 2.45) is 0 Å². The summed E-state index contributed by atoms with van der Waals surface area (Å²) in [5, 5.41) is 7.13. The molecule has 1 fully saturated rings. The van der Waals surface area contributed by atoms with E-state index in [1.54, 1.807) is 18.5 Å². The minimum atomic E-state index is -0.240. The van der Waals surface area contributed by atoms with E-state index in [0.29, 0.717) is 25.6 Å². The van der Waals surface area contributed by atoms with Gasteiger partial charge in [0.1, 0.15) is 18.5 Å². The first-order chi connectivity index (χ1) is 12.2. The molecule has 7 heteroatoms. The Kier molecular flexibility index (Phi) is 6.11. The molecule has 3 rings (SSSR count). The van der Waals surface area contributed by atoms with Crippen LogP contribution in [0.3, 0.4) is 0 Å². The second-order valence-corrected chi connectivity index (χ2v) is 6.46. The molecule has 1 atom stereocenters. The van der Waals surface area contributed by atoms with Crippen LogP contribution in [0.5, 0.6) is 0 Å². The lowest BCUT2D eigenvalue weighted by atomic mass is 10.0. The van der Waals surface area contributed by atoms with Crippen LogP contribution in [0.15, 0.2) is 36.9 Å². The Morgan fingerprint density at radius 1 is 1.28 bits per heavy atom. The first kappa shape index (κ1) is 17.5. The van der Waals surface area contributed by atoms with Crippen molar-refractivity contribution in [1.82, 2.24) is 25.0 Å². The standard InChI is InChI=1S/C18H24FN5O/c19-16-6-4-15(5-7-16)8-9-21-18(25)12-23-10-2-1-3-17(23)11-24-14-20-13-22-24/h4-7,13-14,17H,1-3,8-12H2,(H,21,25). The monoisotopic (exact) mass is 345 g/mol. The van der Waals surface area contributed by atoms with E-state index in [2.05, 4.69) is 20.3 Å². The third-order valence-electron chi connectivity index (χ3n) is 4.61. The minimum Gasteiger partial charge on any atom is -0.355 e. The fourth-order valence-electron chi connectivity index (χ4n) is 3.26. The van der Waals surface area contributed by atoms with E-state index in [1.807, 2.05) is 4.68 Å². The molecule has 0 spiro atoms. The Hall–Kier alpha value is -2.28. The molecular weight excluding hydrogens is 321 g/mol. The van der Waals surface area contributed by atoms with Gasteiger partial charge in [-0.25, -0.2) is 9.37 Å². The van der Waals surface area contributed by atoms with Crippen LogP contribution in [0.25, 0.3) is 0 Å². The topological polar surface area (TPSA) is 63.1 Å². The van der Waals surface area contributed by atoms with Gasteiger partial charge in [-0.2, -0.15) is 5.10 Å². The van der Waals surface area contributed by atoms with Crippen molar-refractivity contribution in [3.63, 3.8) is 0 Å². The van der Waals surface area contributed by atoms with Crippen molar-refractivity contribution in [1.29, 1.82) is 0 Å². The van der Waals surface area contributed by atoms with E-state index < -0.39 is 0 Å². The van der Waals surface area contributed by atoms with Gasteiger partial charge >= 0.3 is 0 Å². The van der Waals surface area contributed by atoms with Gasteiger partial charge in [-0.3, -0.25) is 14.4 Å². The molecule has 0 bridgehead atoms. The molecule has 1 unspecified atom stereocenters. The summed E-state index contributed by atoms with van der Waals surface area (Å²) >= 11 is 0. The van der Waals surface area contributed by atoms with Crippen LogP contribution in [0.1, 0.15) is 24.8 Å². The van der Waals surface area contributed by atoms with Crippen LogP contribution in [-0.2, 0) is 17.8 Å². The zero-order chi connectivity index (χ0) is 17.5. The van der Waals surface area contributed by atoms with Gasteiger partial charge in [0.15, 0.2) is 0 Å². The maximum atomic E-state index is 12.9. The van der Waals surface area contributed by atoms with Gasteiger partial charge in [0.25, 0.3) is 0 Å². The van der Waals surface area contributed by atoms with Crippen molar-refractivity contribution < 1.29 is 9.18 Å². The number of hydrogen-bond acceptors (Lipinski definition) is 4. The fourth-order valence-corrected chi connectivity index (χ4v) is 3.26. The number of piperidine rings is 1. The van der Waals surface area contributed by atoms with Crippen LogP contribution in [0.2, 0.25) is 0 Å². The third kappa shape index (κ3) is 5.35. The molecule has 2 heterocycles. The highest BCUT2D eigenvalue weighted by atomic mass is 19.1. The molecule has 0 radical (unpaired) electrons. The molecule has 2 aromatic rings. The van der Waals surface area contributed by atoms with E-state index in [0.717, 1.165) is 31.5 Å². The van der Waals surface area contributed by atoms with Gasteiger partial charge in [-0.15, -0.1) is 0 Å². The summed E-state index contributed by atoms with van der Waals surface area (Å²) in [5.41, 5.74) is 1.02. The summed E-state index contributed by atoms with van der Waals surface area (Å²) in [6.45, 7) is 2.67. The van der Waals surface area contributed by atoms with E-state index in [1.165, 1.54) is 24.9 Å². The van der Waals surface area contributed by atoms with Gasteiger partial charge in [-0.1, -0.05) is 18.6 Å². The maximum absolute atomic E-state index is 12.9. The number of amides is 1. The van der Waals surface area contributed by atoms with Crippen LogP contribution in [-0.4, -0.2) is 51.2 Å². The predicted octanol–water partition coefficient (Wildman–Crippen LogP) is 1.63. The first-order valence-corrected chi connectivity index (χ1v) is 8.78. The number of aromatic nitrogens is 3. The largest absolute Gasteiger partial charge is 0.355 e. The lowest BCUT2D eigenvalue weighted by Crippen LogP contribution is -2.47. The van der Waals surface area contributed by atoms with Crippen LogP contribution in [0.4, 0.5) is 4.39 Å². The number of hydrogen-bond donors (Lipinski definition) is 1. The lowest BCUT2D eigenvalue weighted by molar-refractivity contribution is -0.123. The molecule has 1 aromatic carbocycles. The van der Waals surface area contributed by atoms with Crippen molar-refractivity contribution in [2.45, 2.75) is 38.3 Å². The van der Waals surface area contributed by atoms with E-state index in [4.69, 9.17) is 0 Å². The average molecular weight is 345 g/mol. The minimum absolute atomic E-state index is 0.0348. The predicted molar refractivity (Wildman–Crippen MR) is 92.3 cm³/mol. The zero-order valence-corrected chi connectivity index (χ0v) is 14.3. The summed E-state index contributed by atoms with van der Waals surface area (Å²) in [6.07, 6.45) is 7.33. The highest BCUT2D eigenvalue weighted by Gasteiger charge is 2.24. The second-order valence-electron chi connectivity index (χ2n) is 6.46. The second kappa shape index (κ2) is 8.71. The van der Waals surface area contributed by atoms with Gasteiger partial charge in [0.05, 0.1) is 13.1 Å². The molecule has 1 aliphatic rings. The van der Waals surface area contributed by atoms with Crippen LogP contribution < -0.4 is 5.32 Å². The molecule has 0 aliphatic carbocycles. The smallest absolute Gasteiger partial charge is 0.234 e. The van der Waals surface area contributed by atoms with Gasteiger partial charge in [0, 0.05) is 12.6 Å². The van der Waals surface area contributed by atoms with Crippen LogP contribution in [0, 0.1) is 5.82 Å². The quantitative estimate of drug-likeness (QED) is 0.828. The molecule has 1 aliphatic heterocycles. The molecule has 1 amide bonds. The summed E-state index contributed by atoms with van der Waals surface area (Å²) in [6, 6.07) is 6.71. The maximum Gasteiger partial charge on any atom is 0.234 e. The highest BCUT2D eigenvalue weighted by molar-refractivity contribution is 5.78. The number of carbonyl (C=O) groups is 1. The number of rotatable bonds is 7. The van der Waals surface area contributed by atoms with Crippen LogP contribution >= 0.6 is 0 Å².